The van der Waals surface area contributed by atoms with Gasteiger partial charge >= 0.3 is 0 Å². The summed E-state index contributed by atoms with van der Waals surface area (Å²) in [5, 5.41) is 10.6. The molecule has 1 heteroatoms. The zero-order valence-electron chi connectivity index (χ0n) is 25.1. The van der Waals surface area contributed by atoms with Crippen LogP contribution in [0.4, 0.5) is 0 Å². The predicted molar refractivity (Wildman–Crippen MR) is 181 cm³/mol. The summed E-state index contributed by atoms with van der Waals surface area (Å²) in [7, 11) is 0. The van der Waals surface area contributed by atoms with E-state index in [9.17, 15) is 5.11 Å². The van der Waals surface area contributed by atoms with E-state index in [2.05, 4.69) is 152 Å². The summed E-state index contributed by atoms with van der Waals surface area (Å²) in [6.07, 6.45) is 3.65. The average molecular weight is 571 g/mol. The molecule has 4 aliphatic rings. The molecule has 0 radical (unpaired) electrons. The Labute approximate surface area is 261 Å². The molecule has 1 nitrogen and oxygen atoms in total. The molecule has 4 bridgehead atoms. The van der Waals surface area contributed by atoms with E-state index in [-0.39, 0.29) is 18.4 Å². The molecule has 4 aliphatic carbocycles. The van der Waals surface area contributed by atoms with Crippen LogP contribution in [0.25, 0.3) is 0 Å². The van der Waals surface area contributed by atoms with Gasteiger partial charge < -0.3 is 5.11 Å². The van der Waals surface area contributed by atoms with Crippen LogP contribution in [0.2, 0.25) is 0 Å². The molecular weight excluding hydrogens is 532 g/mol. The van der Waals surface area contributed by atoms with E-state index in [1.54, 1.807) is 0 Å². The van der Waals surface area contributed by atoms with Crippen molar-refractivity contribution >= 4 is 0 Å². The van der Waals surface area contributed by atoms with E-state index >= 15 is 0 Å². The van der Waals surface area contributed by atoms with Crippen molar-refractivity contribution in [3.63, 3.8) is 0 Å². The minimum atomic E-state index is 0.0606. The van der Waals surface area contributed by atoms with Crippen LogP contribution in [0.15, 0.2) is 152 Å². The molecule has 0 unspecified atom stereocenters. The van der Waals surface area contributed by atoms with Crippen LogP contribution < -0.4 is 0 Å². The fourth-order valence-corrected chi connectivity index (χ4v) is 7.15. The van der Waals surface area contributed by atoms with Gasteiger partial charge in [0.2, 0.25) is 0 Å². The van der Waals surface area contributed by atoms with E-state index in [1.165, 1.54) is 55.6 Å². The SMILES string of the molecule is OCc1cc2c(C(c3ccccc3)c3ccccc3)cc1CCc1ccc(cc1C(c1ccccc1)c1ccccc1)CC2. The third kappa shape index (κ3) is 5.76. The number of hydrogen-bond acceptors (Lipinski definition) is 1. The first kappa shape index (κ1) is 28.1. The highest BCUT2D eigenvalue weighted by Crippen LogP contribution is 2.39. The van der Waals surface area contributed by atoms with Gasteiger partial charge in [-0.15, -0.1) is 0 Å². The van der Waals surface area contributed by atoms with Crippen molar-refractivity contribution in [1.29, 1.82) is 0 Å². The van der Waals surface area contributed by atoms with Gasteiger partial charge in [0, 0.05) is 11.8 Å². The smallest absolute Gasteiger partial charge is 0.0684 e. The second-order valence-corrected chi connectivity index (χ2v) is 12.0. The van der Waals surface area contributed by atoms with E-state index in [1.807, 2.05) is 0 Å². The monoisotopic (exact) mass is 570 g/mol. The molecule has 0 spiro atoms. The lowest BCUT2D eigenvalue weighted by Gasteiger charge is -2.26. The lowest BCUT2D eigenvalue weighted by Crippen LogP contribution is -2.13. The van der Waals surface area contributed by atoms with Gasteiger partial charge in [0.1, 0.15) is 0 Å². The summed E-state index contributed by atoms with van der Waals surface area (Å²) < 4.78 is 0. The average Bonchev–Trinajstić information content (AvgIpc) is 3.08. The van der Waals surface area contributed by atoms with Gasteiger partial charge in [-0.05, 0) is 86.9 Å². The third-order valence-electron chi connectivity index (χ3n) is 9.34. The summed E-state index contributed by atoms with van der Waals surface area (Å²) >= 11 is 0. The predicted octanol–water partition coefficient (Wildman–Crippen LogP) is 9.42. The first-order valence-corrected chi connectivity index (χ1v) is 15.9. The Hall–Kier alpha value is -4.72. The van der Waals surface area contributed by atoms with Gasteiger partial charge in [-0.25, -0.2) is 0 Å². The minimum Gasteiger partial charge on any atom is -0.392 e. The number of aliphatic hydroxyl groups is 1. The molecule has 44 heavy (non-hydrogen) atoms. The Morgan fingerprint density at radius 1 is 0.409 bits per heavy atom. The van der Waals surface area contributed by atoms with Crippen LogP contribution in [0.5, 0.6) is 0 Å². The highest BCUT2D eigenvalue weighted by atomic mass is 16.3. The van der Waals surface area contributed by atoms with Gasteiger partial charge in [0.15, 0.2) is 0 Å². The van der Waals surface area contributed by atoms with Crippen molar-refractivity contribution in [3.05, 3.63) is 213 Å². The molecule has 0 atom stereocenters. The molecule has 0 amide bonds. The second-order valence-electron chi connectivity index (χ2n) is 12.0. The lowest BCUT2D eigenvalue weighted by molar-refractivity contribution is 0.280. The molecular formula is C43H38O. The maximum atomic E-state index is 10.6. The molecule has 0 aromatic heterocycles. The highest BCUT2D eigenvalue weighted by Gasteiger charge is 2.24. The van der Waals surface area contributed by atoms with Gasteiger partial charge in [-0.2, -0.15) is 0 Å². The topological polar surface area (TPSA) is 20.2 Å². The Balaban J connectivity index is 1.35. The highest BCUT2D eigenvalue weighted by molar-refractivity contribution is 5.52. The Kier molecular flexibility index (Phi) is 8.22. The number of aryl methyl sites for hydroxylation is 4. The quantitative estimate of drug-likeness (QED) is 0.190. The van der Waals surface area contributed by atoms with Crippen molar-refractivity contribution in [1.82, 2.24) is 0 Å². The standard InChI is InChI=1S/C43H38O/c44-30-39-28-38-24-22-31-21-23-32(40(27-31)42(33-13-5-1-6-14-33)34-15-7-2-8-16-34)25-26-37(39)29-41(38)43(35-17-9-3-10-18-35)36-19-11-4-12-20-36/h1-21,23,27-29,42-44H,22,24-26,30H2. The van der Waals surface area contributed by atoms with Crippen LogP contribution in [0.1, 0.15) is 73.0 Å². The van der Waals surface area contributed by atoms with Crippen LogP contribution >= 0.6 is 0 Å². The summed E-state index contributed by atoms with van der Waals surface area (Å²) in [5.74, 6) is 0.309. The van der Waals surface area contributed by atoms with Gasteiger partial charge in [-0.3, -0.25) is 0 Å². The van der Waals surface area contributed by atoms with E-state index in [4.69, 9.17) is 0 Å². The van der Waals surface area contributed by atoms with Crippen molar-refractivity contribution in [2.45, 2.75) is 44.1 Å². The van der Waals surface area contributed by atoms with Crippen molar-refractivity contribution in [2.75, 3.05) is 0 Å². The van der Waals surface area contributed by atoms with Gasteiger partial charge in [0.25, 0.3) is 0 Å². The molecule has 0 aliphatic heterocycles. The Bertz CT molecular complexity index is 1750. The first-order chi connectivity index (χ1) is 21.8. The number of rotatable bonds is 7. The molecule has 216 valence electrons. The first-order valence-electron chi connectivity index (χ1n) is 15.9. The Morgan fingerprint density at radius 3 is 1.32 bits per heavy atom. The molecule has 0 saturated carbocycles. The summed E-state index contributed by atoms with van der Waals surface area (Å²) in [6.45, 7) is 0.0606. The summed E-state index contributed by atoms with van der Waals surface area (Å²) in [5.41, 5.74) is 14.4. The maximum Gasteiger partial charge on any atom is 0.0684 e. The van der Waals surface area contributed by atoms with Gasteiger partial charge in [0.05, 0.1) is 6.61 Å². The van der Waals surface area contributed by atoms with Crippen molar-refractivity contribution in [2.24, 2.45) is 0 Å². The fourth-order valence-electron chi connectivity index (χ4n) is 7.15. The molecule has 6 aromatic carbocycles. The van der Waals surface area contributed by atoms with E-state index < -0.39 is 0 Å². The number of aliphatic hydroxyl groups excluding tert-OH is 1. The number of hydrogen-bond donors (Lipinski definition) is 1. The van der Waals surface area contributed by atoms with Crippen molar-refractivity contribution < 1.29 is 5.11 Å². The molecule has 6 aromatic rings. The molecule has 0 saturated heterocycles. The minimum absolute atomic E-state index is 0.0606. The van der Waals surface area contributed by atoms with Crippen molar-refractivity contribution in [3.8, 4) is 0 Å². The molecule has 1 N–H and O–H groups in total. The van der Waals surface area contributed by atoms with Crippen LogP contribution in [-0.2, 0) is 32.3 Å². The summed E-state index contributed by atoms with van der Waals surface area (Å²) in [4.78, 5) is 0. The third-order valence-corrected chi connectivity index (χ3v) is 9.34. The molecule has 0 heterocycles. The van der Waals surface area contributed by atoms with E-state index in [0.29, 0.717) is 0 Å². The second kappa shape index (κ2) is 12.9. The lowest BCUT2D eigenvalue weighted by atomic mass is 9.77. The summed E-state index contributed by atoms with van der Waals surface area (Å²) in [6, 6.07) is 55.5. The Morgan fingerprint density at radius 2 is 0.841 bits per heavy atom. The fraction of sp³-hybridized carbons (Fsp3) is 0.163. The number of benzene rings is 6. The van der Waals surface area contributed by atoms with Crippen LogP contribution in [0.3, 0.4) is 0 Å². The zero-order chi connectivity index (χ0) is 29.7. The largest absolute Gasteiger partial charge is 0.392 e. The maximum absolute atomic E-state index is 10.6. The van der Waals surface area contributed by atoms with Gasteiger partial charge in [-0.1, -0.05) is 152 Å². The van der Waals surface area contributed by atoms with Crippen LogP contribution in [-0.4, -0.2) is 5.11 Å². The zero-order valence-corrected chi connectivity index (χ0v) is 25.1. The van der Waals surface area contributed by atoms with E-state index in [0.717, 1.165) is 31.2 Å². The van der Waals surface area contributed by atoms with Crippen LogP contribution in [0, 0.1) is 0 Å². The normalized spacial score (nSPS) is 12.8. The molecule has 0 fully saturated rings. The molecule has 10 rings (SSSR count).